The number of rotatable bonds is 9. The summed E-state index contributed by atoms with van der Waals surface area (Å²) in [6, 6.07) is 16.7. The van der Waals surface area contributed by atoms with Crippen LogP contribution in [0.4, 0.5) is 0 Å². The SMILES string of the molecule is C[C@H](NC(=O)C1(NCCCc2ccccc2)CCOCC1)c1ccc(C(=O)O)cc1. The molecule has 1 atom stereocenters. The summed E-state index contributed by atoms with van der Waals surface area (Å²) in [5, 5.41) is 15.7. The lowest BCUT2D eigenvalue weighted by molar-refractivity contribution is -0.132. The fourth-order valence-corrected chi connectivity index (χ4v) is 3.80. The predicted octanol–water partition coefficient (Wildman–Crippen LogP) is 3.33. The van der Waals surface area contributed by atoms with Gasteiger partial charge < -0.3 is 20.5 Å². The van der Waals surface area contributed by atoms with E-state index in [1.165, 1.54) is 5.56 Å². The van der Waals surface area contributed by atoms with Crippen LogP contribution in [0.3, 0.4) is 0 Å². The van der Waals surface area contributed by atoms with Crippen LogP contribution in [0.15, 0.2) is 54.6 Å². The number of carboxylic acid groups (broad SMARTS) is 1. The molecule has 0 spiro atoms. The van der Waals surface area contributed by atoms with E-state index in [0.29, 0.717) is 26.1 Å². The Bertz CT molecular complexity index is 830. The number of carbonyl (C=O) groups excluding carboxylic acids is 1. The van der Waals surface area contributed by atoms with E-state index in [9.17, 15) is 9.59 Å². The quantitative estimate of drug-likeness (QED) is 0.552. The van der Waals surface area contributed by atoms with Gasteiger partial charge in [0, 0.05) is 13.2 Å². The lowest BCUT2D eigenvalue weighted by Gasteiger charge is -2.37. The highest BCUT2D eigenvalue weighted by molar-refractivity contribution is 5.88. The highest BCUT2D eigenvalue weighted by Crippen LogP contribution is 2.23. The Kier molecular flexibility index (Phi) is 7.60. The number of nitrogens with one attached hydrogen (secondary N) is 2. The molecule has 6 nitrogen and oxygen atoms in total. The Balaban J connectivity index is 1.59. The third-order valence-electron chi connectivity index (χ3n) is 5.73. The molecule has 0 unspecified atom stereocenters. The summed E-state index contributed by atoms with van der Waals surface area (Å²) in [5.41, 5.74) is 1.77. The van der Waals surface area contributed by atoms with Crippen molar-refractivity contribution in [2.24, 2.45) is 0 Å². The van der Waals surface area contributed by atoms with Crippen molar-refractivity contribution in [3.05, 3.63) is 71.3 Å². The second kappa shape index (κ2) is 10.4. The third-order valence-corrected chi connectivity index (χ3v) is 5.73. The molecule has 0 saturated carbocycles. The van der Waals surface area contributed by atoms with Gasteiger partial charge in [-0.1, -0.05) is 42.5 Å². The molecule has 1 heterocycles. The Morgan fingerprint density at radius 3 is 2.37 bits per heavy atom. The van der Waals surface area contributed by atoms with Gasteiger partial charge in [-0.25, -0.2) is 4.79 Å². The third kappa shape index (κ3) is 5.68. The zero-order chi connectivity index (χ0) is 21.4. The van der Waals surface area contributed by atoms with Crippen molar-refractivity contribution in [3.63, 3.8) is 0 Å². The molecule has 160 valence electrons. The van der Waals surface area contributed by atoms with Gasteiger partial charge in [0.05, 0.1) is 11.6 Å². The van der Waals surface area contributed by atoms with Gasteiger partial charge in [0.15, 0.2) is 0 Å². The van der Waals surface area contributed by atoms with Crippen molar-refractivity contribution >= 4 is 11.9 Å². The second-order valence-electron chi connectivity index (χ2n) is 7.83. The summed E-state index contributed by atoms with van der Waals surface area (Å²) >= 11 is 0. The van der Waals surface area contributed by atoms with Gasteiger partial charge in [-0.2, -0.15) is 0 Å². The zero-order valence-corrected chi connectivity index (χ0v) is 17.4. The number of ether oxygens (including phenoxy) is 1. The summed E-state index contributed by atoms with van der Waals surface area (Å²) in [4.78, 5) is 24.3. The Labute approximate surface area is 177 Å². The maximum absolute atomic E-state index is 13.2. The van der Waals surface area contributed by atoms with E-state index in [1.54, 1.807) is 24.3 Å². The number of hydrogen-bond acceptors (Lipinski definition) is 4. The summed E-state index contributed by atoms with van der Waals surface area (Å²) in [7, 11) is 0. The number of aromatic carboxylic acids is 1. The fourth-order valence-electron chi connectivity index (χ4n) is 3.80. The van der Waals surface area contributed by atoms with Crippen LogP contribution in [0, 0.1) is 0 Å². The molecule has 3 N–H and O–H groups in total. The van der Waals surface area contributed by atoms with Crippen molar-refractivity contribution in [2.45, 2.75) is 44.2 Å². The van der Waals surface area contributed by atoms with Crippen molar-refractivity contribution in [1.29, 1.82) is 0 Å². The van der Waals surface area contributed by atoms with Crippen molar-refractivity contribution < 1.29 is 19.4 Å². The van der Waals surface area contributed by atoms with E-state index < -0.39 is 11.5 Å². The average Bonchev–Trinajstić information content (AvgIpc) is 2.78. The molecule has 1 aliphatic rings. The lowest BCUT2D eigenvalue weighted by atomic mass is 9.88. The Morgan fingerprint density at radius 1 is 1.07 bits per heavy atom. The number of carbonyl (C=O) groups is 2. The van der Waals surface area contributed by atoms with E-state index in [1.807, 2.05) is 25.1 Å². The largest absolute Gasteiger partial charge is 0.478 e. The molecule has 0 aliphatic carbocycles. The molecule has 1 fully saturated rings. The molecule has 1 amide bonds. The molecule has 30 heavy (non-hydrogen) atoms. The molecule has 0 aromatic heterocycles. The molecule has 1 saturated heterocycles. The van der Waals surface area contributed by atoms with E-state index >= 15 is 0 Å². The van der Waals surface area contributed by atoms with Crippen LogP contribution in [0.5, 0.6) is 0 Å². The van der Waals surface area contributed by atoms with Crippen LogP contribution in [0.1, 0.15) is 53.7 Å². The van der Waals surface area contributed by atoms with Crippen molar-refractivity contribution in [2.75, 3.05) is 19.8 Å². The minimum Gasteiger partial charge on any atom is -0.478 e. The van der Waals surface area contributed by atoms with Crippen LogP contribution in [-0.4, -0.2) is 42.3 Å². The van der Waals surface area contributed by atoms with Gasteiger partial charge in [0.25, 0.3) is 0 Å². The smallest absolute Gasteiger partial charge is 0.335 e. The van der Waals surface area contributed by atoms with Crippen LogP contribution in [-0.2, 0) is 16.0 Å². The molecule has 2 aromatic rings. The fraction of sp³-hybridized carbons (Fsp3) is 0.417. The average molecular weight is 411 g/mol. The zero-order valence-electron chi connectivity index (χ0n) is 17.4. The molecular weight excluding hydrogens is 380 g/mol. The number of amides is 1. The maximum Gasteiger partial charge on any atom is 0.335 e. The standard InChI is InChI=1S/C24H30N2O4/c1-18(20-9-11-21(12-10-20)22(27)28)26-23(29)24(13-16-30-17-14-24)25-15-5-8-19-6-3-2-4-7-19/h2-4,6-7,9-12,18,25H,5,8,13-17H2,1H3,(H,26,29)(H,27,28)/t18-/m0/s1. The van der Waals surface area contributed by atoms with Crippen molar-refractivity contribution in [3.8, 4) is 0 Å². The van der Waals surface area contributed by atoms with Gasteiger partial charge in [-0.05, 0) is 62.4 Å². The minimum absolute atomic E-state index is 0.0275. The van der Waals surface area contributed by atoms with Crippen LogP contribution in [0.2, 0.25) is 0 Å². The first-order valence-corrected chi connectivity index (χ1v) is 10.5. The number of aryl methyl sites for hydroxylation is 1. The van der Waals surface area contributed by atoms with E-state index in [0.717, 1.165) is 24.9 Å². The second-order valence-corrected chi connectivity index (χ2v) is 7.83. The highest BCUT2D eigenvalue weighted by Gasteiger charge is 2.39. The summed E-state index contributed by atoms with van der Waals surface area (Å²) < 4.78 is 5.50. The molecule has 6 heteroatoms. The maximum atomic E-state index is 13.2. The van der Waals surface area contributed by atoms with Gasteiger partial charge >= 0.3 is 5.97 Å². The molecule has 0 radical (unpaired) electrons. The first-order valence-electron chi connectivity index (χ1n) is 10.5. The van der Waals surface area contributed by atoms with E-state index in [-0.39, 0.29) is 17.5 Å². The molecule has 0 bridgehead atoms. The highest BCUT2D eigenvalue weighted by atomic mass is 16.5. The van der Waals surface area contributed by atoms with Gasteiger partial charge in [-0.15, -0.1) is 0 Å². The molecule has 1 aliphatic heterocycles. The molecular formula is C24H30N2O4. The lowest BCUT2D eigenvalue weighted by Crippen LogP contribution is -2.60. The van der Waals surface area contributed by atoms with Crippen LogP contribution >= 0.6 is 0 Å². The van der Waals surface area contributed by atoms with Gasteiger partial charge in [-0.3, -0.25) is 4.79 Å². The summed E-state index contributed by atoms with van der Waals surface area (Å²) in [6.45, 7) is 3.78. The predicted molar refractivity (Wildman–Crippen MR) is 116 cm³/mol. The molecule has 3 rings (SSSR count). The first-order chi connectivity index (χ1) is 14.5. The number of carboxylic acids is 1. The first kappa shape index (κ1) is 22.0. The van der Waals surface area contributed by atoms with E-state index in [2.05, 4.69) is 22.8 Å². The van der Waals surface area contributed by atoms with E-state index in [4.69, 9.17) is 9.84 Å². The Hall–Kier alpha value is -2.70. The minimum atomic E-state index is -0.959. The summed E-state index contributed by atoms with van der Waals surface area (Å²) in [5.74, 6) is -0.987. The monoisotopic (exact) mass is 410 g/mol. The van der Waals surface area contributed by atoms with Crippen LogP contribution in [0.25, 0.3) is 0 Å². The van der Waals surface area contributed by atoms with Crippen LogP contribution < -0.4 is 10.6 Å². The Morgan fingerprint density at radius 2 is 1.73 bits per heavy atom. The summed E-state index contributed by atoms with van der Waals surface area (Å²) in [6.07, 6.45) is 3.18. The van der Waals surface area contributed by atoms with Gasteiger partial charge in [0.2, 0.25) is 5.91 Å². The molecule has 2 aromatic carbocycles. The normalized spacial score (nSPS) is 16.6. The van der Waals surface area contributed by atoms with Crippen molar-refractivity contribution in [1.82, 2.24) is 10.6 Å². The number of hydrogen-bond donors (Lipinski definition) is 3. The topological polar surface area (TPSA) is 87.7 Å². The van der Waals surface area contributed by atoms with Gasteiger partial charge in [0.1, 0.15) is 5.54 Å². The number of benzene rings is 2.